The highest BCUT2D eigenvalue weighted by atomic mass is 32.2. The predicted octanol–water partition coefficient (Wildman–Crippen LogP) is 1.93. The lowest BCUT2D eigenvalue weighted by Gasteiger charge is -2.34. The molecule has 4 rings (SSSR count). The lowest BCUT2D eigenvalue weighted by Crippen LogP contribution is -2.50. The molecule has 1 N–H and O–H groups in total. The Morgan fingerprint density at radius 1 is 0.879 bits per heavy atom. The predicted molar refractivity (Wildman–Crippen MR) is 125 cm³/mol. The van der Waals surface area contributed by atoms with Crippen molar-refractivity contribution >= 4 is 33.3 Å². The first-order chi connectivity index (χ1) is 15.9. The van der Waals surface area contributed by atoms with E-state index in [9.17, 15) is 18.0 Å². The summed E-state index contributed by atoms with van der Waals surface area (Å²) in [4.78, 5) is 33.6. The molecule has 0 spiro atoms. The Hall–Kier alpha value is -2.98. The van der Waals surface area contributed by atoms with Gasteiger partial charge < -0.3 is 15.1 Å². The fourth-order valence-electron chi connectivity index (χ4n) is 4.19. The van der Waals surface area contributed by atoms with Gasteiger partial charge in [0.05, 0.1) is 10.6 Å². The van der Waals surface area contributed by atoms with E-state index in [1.165, 1.54) is 4.31 Å². The van der Waals surface area contributed by atoms with E-state index in [0.717, 1.165) is 31.7 Å². The van der Waals surface area contributed by atoms with Crippen LogP contribution in [0.1, 0.15) is 25.7 Å². The van der Waals surface area contributed by atoms with Crippen molar-refractivity contribution in [1.29, 1.82) is 0 Å². The molecule has 3 heterocycles. The number of rotatable bonds is 7. The van der Waals surface area contributed by atoms with Crippen molar-refractivity contribution in [3.63, 3.8) is 0 Å². The second kappa shape index (κ2) is 10.3. The number of pyridine rings is 1. The molecule has 2 fully saturated rings. The molecule has 2 amide bonds. The summed E-state index contributed by atoms with van der Waals surface area (Å²) in [5.41, 5.74) is 0.664. The third kappa shape index (κ3) is 5.51. The number of benzene rings is 1. The number of nitrogens with zero attached hydrogens (tertiary/aromatic N) is 4. The quantitative estimate of drug-likeness (QED) is 0.662. The summed E-state index contributed by atoms with van der Waals surface area (Å²) < 4.78 is 26.9. The summed E-state index contributed by atoms with van der Waals surface area (Å²) >= 11 is 0. The van der Waals surface area contributed by atoms with Gasteiger partial charge in [-0.3, -0.25) is 9.59 Å². The molecule has 0 unspecified atom stereocenters. The number of piperazine rings is 1. The number of nitrogens with one attached hydrogen (secondary N) is 1. The van der Waals surface area contributed by atoms with E-state index in [2.05, 4.69) is 15.2 Å². The van der Waals surface area contributed by atoms with Crippen LogP contribution in [0.5, 0.6) is 0 Å². The van der Waals surface area contributed by atoms with E-state index in [1.807, 2.05) is 6.07 Å². The summed E-state index contributed by atoms with van der Waals surface area (Å²) in [7, 11) is -3.56. The molecule has 2 aromatic rings. The van der Waals surface area contributed by atoms with Gasteiger partial charge in [0.15, 0.2) is 5.82 Å². The van der Waals surface area contributed by atoms with Crippen LogP contribution in [-0.4, -0.2) is 73.7 Å². The summed E-state index contributed by atoms with van der Waals surface area (Å²) in [5, 5.41) is 2.89. The zero-order valence-electron chi connectivity index (χ0n) is 18.5. The second-order valence-electron chi connectivity index (χ2n) is 8.21. The molecule has 0 radical (unpaired) electrons. The van der Waals surface area contributed by atoms with Gasteiger partial charge in [0.1, 0.15) is 0 Å². The zero-order chi connectivity index (χ0) is 23.3. The Morgan fingerprint density at radius 2 is 1.58 bits per heavy atom. The van der Waals surface area contributed by atoms with E-state index < -0.39 is 10.0 Å². The Bertz CT molecular complexity index is 1080. The lowest BCUT2D eigenvalue weighted by atomic mass is 10.2. The SMILES string of the molecule is O=C(CCC(=O)N1CCN(S(=O)(=O)c2ccccc2)CC1)Nc1cccnc1N1CCCC1. The lowest BCUT2D eigenvalue weighted by molar-refractivity contribution is -0.133. The van der Waals surface area contributed by atoms with Gasteiger partial charge in [-0.25, -0.2) is 13.4 Å². The first-order valence-corrected chi connectivity index (χ1v) is 12.7. The van der Waals surface area contributed by atoms with Gasteiger partial charge in [-0.15, -0.1) is 0 Å². The van der Waals surface area contributed by atoms with Crippen molar-refractivity contribution in [2.45, 2.75) is 30.6 Å². The highest BCUT2D eigenvalue weighted by molar-refractivity contribution is 7.89. The van der Waals surface area contributed by atoms with Crippen LogP contribution in [0.25, 0.3) is 0 Å². The number of anilines is 2. The molecular weight excluding hydrogens is 442 g/mol. The molecule has 1 aromatic heterocycles. The number of carbonyl (C=O) groups excluding carboxylic acids is 2. The fraction of sp³-hybridized carbons (Fsp3) is 0.435. The average Bonchev–Trinajstić information content (AvgIpc) is 3.38. The van der Waals surface area contributed by atoms with Gasteiger partial charge in [-0.2, -0.15) is 4.31 Å². The molecule has 2 aliphatic rings. The van der Waals surface area contributed by atoms with Crippen molar-refractivity contribution in [3.8, 4) is 0 Å². The third-order valence-corrected chi connectivity index (χ3v) is 7.92. The van der Waals surface area contributed by atoms with Gasteiger partial charge in [0.25, 0.3) is 0 Å². The molecule has 0 atom stereocenters. The van der Waals surface area contributed by atoms with E-state index in [4.69, 9.17) is 0 Å². The summed E-state index contributed by atoms with van der Waals surface area (Å²) in [6.45, 7) is 2.95. The fourth-order valence-corrected chi connectivity index (χ4v) is 5.63. The second-order valence-corrected chi connectivity index (χ2v) is 10.2. The Morgan fingerprint density at radius 3 is 2.27 bits per heavy atom. The minimum atomic E-state index is -3.56. The largest absolute Gasteiger partial charge is 0.355 e. The molecular formula is C23H29N5O4S. The number of hydrogen-bond acceptors (Lipinski definition) is 6. The van der Waals surface area contributed by atoms with Crippen molar-refractivity contribution < 1.29 is 18.0 Å². The average molecular weight is 472 g/mol. The Balaban J connectivity index is 1.26. The molecule has 10 heteroatoms. The van der Waals surface area contributed by atoms with Crippen LogP contribution in [0.15, 0.2) is 53.6 Å². The molecule has 2 saturated heterocycles. The van der Waals surface area contributed by atoms with Crippen LogP contribution < -0.4 is 10.2 Å². The van der Waals surface area contributed by atoms with Crippen LogP contribution in [0.4, 0.5) is 11.5 Å². The van der Waals surface area contributed by atoms with E-state index in [-0.39, 0.29) is 42.6 Å². The highest BCUT2D eigenvalue weighted by Gasteiger charge is 2.30. The van der Waals surface area contributed by atoms with E-state index >= 15 is 0 Å². The van der Waals surface area contributed by atoms with E-state index in [0.29, 0.717) is 18.8 Å². The molecule has 176 valence electrons. The van der Waals surface area contributed by atoms with Crippen LogP contribution in [0, 0.1) is 0 Å². The third-order valence-electron chi connectivity index (χ3n) is 6.00. The van der Waals surface area contributed by atoms with E-state index in [1.54, 1.807) is 47.5 Å². The molecule has 33 heavy (non-hydrogen) atoms. The normalized spacial score (nSPS) is 17.2. The minimum Gasteiger partial charge on any atom is -0.355 e. The number of aromatic nitrogens is 1. The van der Waals surface area contributed by atoms with Crippen LogP contribution >= 0.6 is 0 Å². The smallest absolute Gasteiger partial charge is 0.243 e. The van der Waals surface area contributed by atoms with Crippen LogP contribution in [0.3, 0.4) is 0 Å². The highest BCUT2D eigenvalue weighted by Crippen LogP contribution is 2.26. The maximum Gasteiger partial charge on any atom is 0.243 e. The number of carbonyl (C=O) groups is 2. The summed E-state index contributed by atoms with van der Waals surface area (Å²) in [5.74, 6) is 0.389. The number of hydrogen-bond donors (Lipinski definition) is 1. The number of sulfonamides is 1. The van der Waals surface area contributed by atoms with Crippen LogP contribution in [0.2, 0.25) is 0 Å². The molecule has 0 saturated carbocycles. The van der Waals surface area contributed by atoms with Gasteiger partial charge in [0, 0.05) is 58.3 Å². The van der Waals surface area contributed by atoms with Gasteiger partial charge in [0.2, 0.25) is 21.8 Å². The molecule has 2 aliphatic heterocycles. The van der Waals surface area contributed by atoms with Crippen molar-refractivity contribution in [3.05, 3.63) is 48.7 Å². The monoisotopic (exact) mass is 471 g/mol. The van der Waals surface area contributed by atoms with Crippen molar-refractivity contribution in [2.75, 3.05) is 49.5 Å². The standard InChI is InChI=1S/C23H29N5O4S/c29-21(25-20-9-6-12-24-23(20)27-13-4-5-14-27)10-11-22(30)26-15-17-28(18-16-26)33(31,32)19-7-2-1-3-8-19/h1-3,6-9,12H,4-5,10-11,13-18H2,(H,25,29). The van der Waals surface area contributed by atoms with Gasteiger partial charge >= 0.3 is 0 Å². The van der Waals surface area contributed by atoms with Gasteiger partial charge in [-0.1, -0.05) is 18.2 Å². The molecule has 9 nitrogen and oxygen atoms in total. The number of amides is 2. The van der Waals surface area contributed by atoms with Crippen molar-refractivity contribution in [2.24, 2.45) is 0 Å². The first kappa shape index (κ1) is 23.2. The Kier molecular flexibility index (Phi) is 7.24. The van der Waals surface area contributed by atoms with Crippen LogP contribution in [-0.2, 0) is 19.6 Å². The van der Waals surface area contributed by atoms with Crippen molar-refractivity contribution in [1.82, 2.24) is 14.2 Å². The summed E-state index contributed by atoms with van der Waals surface area (Å²) in [6, 6.07) is 11.9. The molecule has 0 aliphatic carbocycles. The maximum atomic E-state index is 12.7. The first-order valence-electron chi connectivity index (χ1n) is 11.3. The van der Waals surface area contributed by atoms with Gasteiger partial charge in [-0.05, 0) is 37.1 Å². The summed E-state index contributed by atoms with van der Waals surface area (Å²) in [6.07, 6.45) is 4.08. The zero-order valence-corrected chi connectivity index (χ0v) is 19.3. The molecule has 1 aromatic carbocycles. The topological polar surface area (TPSA) is 103 Å². The minimum absolute atomic E-state index is 0.0652. The molecule has 0 bridgehead atoms. The Labute approximate surface area is 194 Å². The maximum absolute atomic E-state index is 12.7.